The molecule has 3 aromatic rings. The molecule has 2 aromatic carbocycles. The molecule has 160 valence electrons. The topological polar surface area (TPSA) is 36.4 Å². The van der Waals surface area contributed by atoms with E-state index < -0.39 is 11.7 Å². The van der Waals surface area contributed by atoms with E-state index in [9.17, 15) is 18.0 Å². The number of carbonyl (C=O) groups is 1. The lowest BCUT2D eigenvalue weighted by atomic mass is 10.0. The van der Waals surface area contributed by atoms with Crippen LogP contribution in [0.25, 0.3) is 11.1 Å². The quantitative estimate of drug-likeness (QED) is 0.585. The molecule has 4 rings (SSSR count). The Balaban J connectivity index is 1.41. The number of hydrogen-bond acceptors (Lipinski definition) is 3. The summed E-state index contributed by atoms with van der Waals surface area (Å²) in [4.78, 5) is 20.7. The molecule has 1 aromatic heterocycles. The first-order valence-corrected chi connectivity index (χ1v) is 10.1. The van der Waals surface area contributed by atoms with Gasteiger partial charge in [0.05, 0.1) is 5.56 Å². The third kappa shape index (κ3) is 4.87. The predicted molar refractivity (Wildman–Crippen MR) is 114 cm³/mol. The van der Waals surface area contributed by atoms with Crippen molar-refractivity contribution >= 4 is 11.7 Å². The van der Waals surface area contributed by atoms with Crippen LogP contribution in [0.3, 0.4) is 0 Å². The Labute approximate surface area is 178 Å². The van der Waals surface area contributed by atoms with Gasteiger partial charge in [0, 0.05) is 37.9 Å². The van der Waals surface area contributed by atoms with Crippen LogP contribution in [0.4, 0.5) is 19.0 Å². The maximum atomic E-state index is 13.0. The highest BCUT2D eigenvalue weighted by molar-refractivity contribution is 5.94. The number of pyridine rings is 1. The van der Waals surface area contributed by atoms with Gasteiger partial charge in [0.2, 0.25) is 0 Å². The van der Waals surface area contributed by atoms with E-state index in [2.05, 4.69) is 4.98 Å². The SMILES string of the molecule is O=C(c1ccc(-c2ccccc2)cc1)N1CCCN(c2ccc(C(F)(F)F)cn2)CC1. The maximum absolute atomic E-state index is 13.0. The molecular formula is C24H22F3N3O. The standard InChI is InChI=1S/C24H22F3N3O/c25-24(26,27)21-11-12-22(28-17-21)29-13-4-14-30(16-15-29)23(31)20-9-7-19(8-10-20)18-5-2-1-3-6-18/h1-3,5-12,17H,4,13-16H2. The molecule has 0 radical (unpaired) electrons. The second-order valence-electron chi connectivity index (χ2n) is 7.48. The van der Waals surface area contributed by atoms with Gasteiger partial charge < -0.3 is 9.80 Å². The van der Waals surface area contributed by atoms with Crippen LogP contribution in [0, 0.1) is 0 Å². The number of amides is 1. The van der Waals surface area contributed by atoms with Crippen LogP contribution in [0.15, 0.2) is 72.9 Å². The molecular weight excluding hydrogens is 403 g/mol. The smallest absolute Gasteiger partial charge is 0.355 e. The van der Waals surface area contributed by atoms with Crippen molar-refractivity contribution in [2.24, 2.45) is 0 Å². The molecule has 1 fully saturated rings. The Morgan fingerprint density at radius 3 is 2.16 bits per heavy atom. The molecule has 0 spiro atoms. The van der Waals surface area contributed by atoms with Gasteiger partial charge in [-0.2, -0.15) is 13.2 Å². The second kappa shape index (κ2) is 8.79. The van der Waals surface area contributed by atoms with Gasteiger partial charge in [-0.05, 0) is 41.8 Å². The third-order valence-electron chi connectivity index (χ3n) is 5.42. The number of anilines is 1. The zero-order chi connectivity index (χ0) is 21.8. The van der Waals surface area contributed by atoms with Gasteiger partial charge in [0.1, 0.15) is 5.82 Å². The van der Waals surface area contributed by atoms with E-state index in [0.717, 1.165) is 29.8 Å². The third-order valence-corrected chi connectivity index (χ3v) is 5.42. The summed E-state index contributed by atoms with van der Waals surface area (Å²) in [7, 11) is 0. The first-order valence-electron chi connectivity index (χ1n) is 10.1. The minimum Gasteiger partial charge on any atom is -0.355 e. The lowest BCUT2D eigenvalue weighted by Crippen LogP contribution is -2.35. The van der Waals surface area contributed by atoms with E-state index >= 15 is 0 Å². The zero-order valence-electron chi connectivity index (χ0n) is 16.8. The molecule has 0 bridgehead atoms. The normalized spacial score (nSPS) is 14.9. The van der Waals surface area contributed by atoms with Crippen molar-refractivity contribution in [3.8, 4) is 11.1 Å². The average molecular weight is 425 g/mol. The second-order valence-corrected chi connectivity index (χ2v) is 7.48. The average Bonchev–Trinajstić information content (AvgIpc) is 3.05. The van der Waals surface area contributed by atoms with Gasteiger partial charge in [-0.1, -0.05) is 42.5 Å². The largest absolute Gasteiger partial charge is 0.417 e. The minimum atomic E-state index is -4.40. The fraction of sp³-hybridized carbons (Fsp3) is 0.250. The first-order chi connectivity index (χ1) is 14.9. The Hall–Kier alpha value is -3.35. The fourth-order valence-electron chi connectivity index (χ4n) is 3.71. The Morgan fingerprint density at radius 1 is 0.806 bits per heavy atom. The summed E-state index contributed by atoms with van der Waals surface area (Å²) in [6.45, 7) is 2.24. The van der Waals surface area contributed by atoms with Gasteiger partial charge in [-0.3, -0.25) is 4.79 Å². The summed E-state index contributed by atoms with van der Waals surface area (Å²) in [6.07, 6.45) is -2.82. The van der Waals surface area contributed by atoms with Crippen molar-refractivity contribution in [3.05, 3.63) is 84.1 Å². The molecule has 0 N–H and O–H groups in total. The van der Waals surface area contributed by atoms with E-state index in [1.54, 1.807) is 4.90 Å². The van der Waals surface area contributed by atoms with Crippen LogP contribution in [0.1, 0.15) is 22.3 Å². The summed E-state index contributed by atoms with van der Waals surface area (Å²) < 4.78 is 38.3. The molecule has 2 heterocycles. The van der Waals surface area contributed by atoms with Crippen molar-refractivity contribution in [2.75, 3.05) is 31.1 Å². The molecule has 1 aliphatic heterocycles. The molecule has 4 nitrogen and oxygen atoms in total. The van der Waals surface area contributed by atoms with Gasteiger partial charge in [-0.15, -0.1) is 0 Å². The van der Waals surface area contributed by atoms with Gasteiger partial charge in [-0.25, -0.2) is 4.98 Å². The molecule has 0 aliphatic carbocycles. The fourth-order valence-corrected chi connectivity index (χ4v) is 3.71. The lowest BCUT2D eigenvalue weighted by molar-refractivity contribution is -0.137. The highest BCUT2D eigenvalue weighted by Gasteiger charge is 2.31. The van der Waals surface area contributed by atoms with Crippen molar-refractivity contribution in [1.29, 1.82) is 0 Å². The highest BCUT2D eigenvalue weighted by atomic mass is 19.4. The van der Waals surface area contributed by atoms with Crippen LogP contribution >= 0.6 is 0 Å². The van der Waals surface area contributed by atoms with Gasteiger partial charge >= 0.3 is 6.18 Å². The van der Waals surface area contributed by atoms with Crippen LogP contribution in [0.5, 0.6) is 0 Å². The van der Waals surface area contributed by atoms with Gasteiger partial charge in [0.25, 0.3) is 5.91 Å². The number of halogens is 3. The van der Waals surface area contributed by atoms with E-state index in [1.165, 1.54) is 6.07 Å². The molecule has 31 heavy (non-hydrogen) atoms. The number of hydrogen-bond donors (Lipinski definition) is 0. The van der Waals surface area contributed by atoms with Gasteiger partial charge in [0.15, 0.2) is 0 Å². The van der Waals surface area contributed by atoms with Crippen LogP contribution in [-0.4, -0.2) is 42.0 Å². The Bertz CT molecular complexity index is 1020. The molecule has 1 saturated heterocycles. The van der Waals surface area contributed by atoms with Crippen molar-refractivity contribution in [1.82, 2.24) is 9.88 Å². The summed E-state index contributed by atoms with van der Waals surface area (Å²) in [5, 5.41) is 0. The Kier molecular flexibility index (Phi) is 5.93. The van der Waals surface area contributed by atoms with Crippen molar-refractivity contribution < 1.29 is 18.0 Å². The maximum Gasteiger partial charge on any atom is 0.417 e. The van der Waals surface area contributed by atoms with E-state index in [1.807, 2.05) is 59.5 Å². The lowest BCUT2D eigenvalue weighted by Gasteiger charge is -2.23. The summed E-state index contributed by atoms with van der Waals surface area (Å²) in [5.74, 6) is 0.455. The molecule has 1 aliphatic rings. The molecule has 7 heteroatoms. The minimum absolute atomic E-state index is 0.0400. The number of rotatable bonds is 3. The number of nitrogens with zero attached hydrogens (tertiary/aromatic N) is 3. The van der Waals surface area contributed by atoms with E-state index in [4.69, 9.17) is 0 Å². The monoisotopic (exact) mass is 425 g/mol. The first kappa shape index (κ1) is 20.9. The number of carbonyl (C=O) groups excluding carboxylic acids is 1. The highest BCUT2D eigenvalue weighted by Crippen LogP contribution is 2.29. The summed E-state index contributed by atoms with van der Waals surface area (Å²) >= 11 is 0. The van der Waals surface area contributed by atoms with Crippen LogP contribution in [-0.2, 0) is 6.18 Å². The number of alkyl halides is 3. The predicted octanol–water partition coefficient (Wildman–Crippen LogP) is 5.12. The zero-order valence-corrected chi connectivity index (χ0v) is 16.8. The van der Waals surface area contributed by atoms with Crippen LogP contribution < -0.4 is 4.90 Å². The summed E-state index contributed by atoms with van der Waals surface area (Å²) in [5.41, 5.74) is 2.01. The van der Waals surface area contributed by atoms with Crippen molar-refractivity contribution in [3.63, 3.8) is 0 Å². The molecule has 0 unspecified atom stereocenters. The molecule has 0 saturated carbocycles. The van der Waals surface area contributed by atoms with Crippen LogP contribution in [0.2, 0.25) is 0 Å². The number of aromatic nitrogens is 1. The van der Waals surface area contributed by atoms with E-state index in [-0.39, 0.29) is 5.91 Å². The van der Waals surface area contributed by atoms with Crippen molar-refractivity contribution in [2.45, 2.75) is 12.6 Å². The molecule has 1 amide bonds. The Morgan fingerprint density at radius 2 is 1.52 bits per heavy atom. The number of benzene rings is 2. The van der Waals surface area contributed by atoms with E-state index in [0.29, 0.717) is 37.6 Å². The summed E-state index contributed by atoms with van der Waals surface area (Å²) in [6, 6.07) is 20.0. The molecule has 0 atom stereocenters.